The molecule has 1 unspecified atom stereocenters. The molecule has 0 aliphatic heterocycles. The van der Waals surface area contributed by atoms with Crippen LogP contribution in [0.15, 0.2) is 36.7 Å². The SMILES string of the molecule is CCCC(CNC(=O)c1ccc(-n2cc(C)cn2)cc1)C(=O)O. The number of carbonyl (C=O) groups is 2. The van der Waals surface area contributed by atoms with E-state index in [1.807, 2.05) is 32.2 Å². The molecule has 0 radical (unpaired) electrons. The van der Waals surface area contributed by atoms with Crippen LogP contribution in [0.4, 0.5) is 0 Å². The number of aromatic nitrogens is 2. The zero-order chi connectivity index (χ0) is 16.8. The average molecular weight is 315 g/mol. The summed E-state index contributed by atoms with van der Waals surface area (Å²) in [5, 5.41) is 16.0. The van der Waals surface area contributed by atoms with Crippen LogP contribution in [0.3, 0.4) is 0 Å². The highest BCUT2D eigenvalue weighted by atomic mass is 16.4. The lowest BCUT2D eigenvalue weighted by Crippen LogP contribution is -2.32. The quantitative estimate of drug-likeness (QED) is 0.822. The molecule has 122 valence electrons. The second-order valence-corrected chi connectivity index (χ2v) is 5.54. The van der Waals surface area contributed by atoms with E-state index in [1.165, 1.54) is 0 Å². The summed E-state index contributed by atoms with van der Waals surface area (Å²) in [6.07, 6.45) is 4.98. The van der Waals surface area contributed by atoms with Crippen molar-refractivity contribution in [2.24, 2.45) is 5.92 Å². The van der Waals surface area contributed by atoms with Gasteiger partial charge in [-0.1, -0.05) is 13.3 Å². The Morgan fingerprint density at radius 3 is 2.52 bits per heavy atom. The predicted molar refractivity (Wildman–Crippen MR) is 86.7 cm³/mol. The number of aryl methyl sites for hydroxylation is 1. The molecule has 1 aromatic carbocycles. The Balaban J connectivity index is 1.98. The molecular weight excluding hydrogens is 294 g/mol. The maximum Gasteiger partial charge on any atom is 0.308 e. The van der Waals surface area contributed by atoms with Gasteiger partial charge in [0, 0.05) is 18.3 Å². The molecule has 0 bridgehead atoms. The summed E-state index contributed by atoms with van der Waals surface area (Å²) < 4.78 is 1.73. The molecule has 2 N–H and O–H groups in total. The standard InChI is InChI=1S/C17H21N3O3/c1-3-4-14(17(22)23)10-18-16(21)13-5-7-15(8-6-13)20-11-12(2)9-19-20/h5-9,11,14H,3-4,10H2,1-2H3,(H,18,21)(H,22,23). The van der Waals surface area contributed by atoms with Crippen molar-refractivity contribution in [1.82, 2.24) is 15.1 Å². The topological polar surface area (TPSA) is 84.2 Å². The van der Waals surface area contributed by atoms with Crippen LogP contribution in [-0.4, -0.2) is 33.3 Å². The number of carboxylic acids is 1. The van der Waals surface area contributed by atoms with E-state index in [0.717, 1.165) is 17.7 Å². The fraction of sp³-hybridized carbons (Fsp3) is 0.353. The van der Waals surface area contributed by atoms with Crippen LogP contribution in [0.5, 0.6) is 0 Å². The zero-order valence-corrected chi connectivity index (χ0v) is 13.3. The molecule has 23 heavy (non-hydrogen) atoms. The Bertz CT molecular complexity index is 677. The van der Waals surface area contributed by atoms with Crippen molar-refractivity contribution < 1.29 is 14.7 Å². The Hall–Kier alpha value is -2.63. The summed E-state index contributed by atoms with van der Waals surface area (Å²) >= 11 is 0. The highest BCUT2D eigenvalue weighted by Gasteiger charge is 2.17. The highest BCUT2D eigenvalue weighted by Crippen LogP contribution is 2.11. The predicted octanol–water partition coefficient (Wildman–Crippen LogP) is 2.41. The van der Waals surface area contributed by atoms with E-state index >= 15 is 0 Å². The van der Waals surface area contributed by atoms with Crippen molar-refractivity contribution in [3.05, 3.63) is 47.8 Å². The molecule has 0 aliphatic carbocycles. The first kappa shape index (κ1) is 16.7. The van der Waals surface area contributed by atoms with Crippen LogP contribution in [0.1, 0.15) is 35.7 Å². The van der Waals surface area contributed by atoms with Crippen LogP contribution in [-0.2, 0) is 4.79 Å². The molecule has 0 spiro atoms. The number of rotatable bonds is 7. The lowest BCUT2D eigenvalue weighted by atomic mass is 10.0. The maximum absolute atomic E-state index is 12.1. The molecule has 0 fully saturated rings. The van der Waals surface area contributed by atoms with Crippen molar-refractivity contribution in [2.45, 2.75) is 26.7 Å². The molecule has 6 nitrogen and oxygen atoms in total. The zero-order valence-electron chi connectivity index (χ0n) is 13.3. The van der Waals surface area contributed by atoms with Crippen molar-refractivity contribution in [3.8, 4) is 5.69 Å². The van der Waals surface area contributed by atoms with Crippen molar-refractivity contribution >= 4 is 11.9 Å². The Morgan fingerprint density at radius 1 is 1.30 bits per heavy atom. The first-order valence-electron chi connectivity index (χ1n) is 7.64. The second-order valence-electron chi connectivity index (χ2n) is 5.54. The van der Waals surface area contributed by atoms with Crippen LogP contribution < -0.4 is 5.32 Å². The van der Waals surface area contributed by atoms with Gasteiger partial charge in [-0.05, 0) is 43.2 Å². The van der Waals surface area contributed by atoms with E-state index < -0.39 is 11.9 Å². The van der Waals surface area contributed by atoms with Gasteiger partial charge in [0.15, 0.2) is 0 Å². The van der Waals surface area contributed by atoms with Crippen LogP contribution in [0.25, 0.3) is 5.69 Å². The summed E-state index contributed by atoms with van der Waals surface area (Å²) in [5.41, 5.74) is 2.42. The normalized spacial score (nSPS) is 11.9. The molecule has 0 saturated carbocycles. The number of nitrogens with zero attached hydrogens (tertiary/aromatic N) is 2. The van der Waals surface area contributed by atoms with Gasteiger partial charge < -0.3 is 10.4 Å². The van der Waals surface area contributed by atoms with E-state index in [9.17, 15) is 9.59 Å². The number of benzene rings is 1. The number of hydrogen-bond acceptors (Lipinski definition) is 3. The molecule has 1 aromatic heterocycles. The Kier molecular flexibility index (Phi) is 5.51. The number of nitrogens with one attached hydrogen (secondary N) is 1. The number of amides is 1. The Labute approximate surface area is 135 Å². The average Bonchev–Trinajstić information content (AvgIpc) is 2.97. The summed E-state index contributed by atoms with van der Waals surface area (Å²) in [6.45, 7) is 4.02. The molecule has 2 aromatic rings. The maximum atomic E-state index is 12.1. The smallest absolute Gasteiger partial charge is 0.308 e. The summed E-state index contributed by atoms with van der Waals surface area (Å²) in [6, 6.07) is 7.03. The van der Waals surface area contributed by atoms with Gasteiger partial charge in [0.2, 0.25) is 0 Å². The van der Waals surface area contributed by atoms with E-state index in [1.54, 1.807) is 23.0 Å². The first-order valence-corrected chi connectivity index (χ1v) is 7.64. The minimum absolute atomic E-state index is 0.141. The molecule has 2 rings (SSSR count). The summed E-state index contributed by atoms with van der Waals surface area (Å²) in [5.74, 6) is -1.69. The molecule has 0 aliphatic rings. The van der Waals surface area contributed by atoms with Crippen LogP contribution >= 0.6 is 0 Å². The molecule has 1 atom stereocenters. The highest BCUT2D eigenvalue weighted by molar-refractivity contribution is 5.94. The number of carbonyl (C=O) groups excluding carboxylic acids is 1. The van der Waals surface area contributed by atoms with Gasteiger partial charge in [-0.15, -0.1) is 0 Å². The van der Waals surface area contributed by atoms with Crippen molar-refractivity contribution in [3.63, 3.8) is 0 Å². The third-order valence-corrected chi connectivity index (χ3v) is 3.60. The van der Waals surface area contributed by atoms with Crippen LogP contribution in [0.2, 0.25) is 0 Å². The van der Waals surface area contributed by atoms with Gasteiger partial charge in [-0.2, -0.15) is 5.10 Å². The van der Waals surface area contributed by atoms with Crippen molar-refractivity contribution in [2.75, 3.05) is 6.54 Å². The number of aliphatic carboxylic acids is 1. The van der Waals surface area contributed by atoms with E-state index in [2.05, 4.69) is 10.4 Å². The largest absolute Gasteiger partial charge is 0.481 e. The minimum Gasteiger partial charge on any atom is -0.481 e. The van der Waals surface area contributed by atoms with E-state index in [-0.39, 0.29) is 12.5 Å². The molecule has 1 heterocycles. The molecule has 6 heteroatoms. The van der Waals surface area contributed by atoms with Crippen molar-refractivity contribution in [1.29, 1.82) is 0 Å². The Morgan fingerprint density at radius 2 is 2.00 bits per heavy atom. The first-order chi connectivity index (χ1) is 11.0. The molecule has 0 saturated heterocycles. The van der Waals surface area contributed by atoms with Gasteiger partial charge in [0.05, 0.1) is 17.8 Å². The molecule has 1 amide bonds. The van der Waals surface area contributed by atoms with E-state index in [0.29, 0.717) is 12.0 Å². The lowest BCUT2D eigenvalue weighted by Gasteiger charge is -2.12. The second kappa shape index (κ2) is 7.58. The van der Waals surface area contributed by atoms with Gasteiger partial charge in [0.25, 0.3) is 5.91 Å². The lowest BCUT2D eigenvalue weighted by molar-refractivity contribution is -0.141. The summed E-state index contributed by atoms with van der Waals surface area (Å²) in [7, 11) is 0. The van der Waals surface area contributed by atoms with Gasteiger partial charge in [-0.25, -0.2) is 4.68 Å². The summed E-state index contributed by atoms with van der Waals surface area (Å²) in [4.78, 5) is 23.2. The van der Waals surface area contributed by atoms with E-state index in [4.69, 9.17) is 5.11 Å². The van der Waals surface area contributed by atoms with Gasteiger partial charge in [0.1, 0.15) is 0 Å². The minimum atomic E-state index is -0.878. The number of carboxylic acid groups (broad SMARTS) is 1. The van der Waals surface area contributed by atoms with Gasteiger partial charge >= 0.3 is 5.97 Å². The fourth-order valence-corrected chi connectivity index (χ4v) is 2.30. The fourth-order valence-electron chi connectivity index (χ4n) is 2.30. The third-order valence-electron chi connectivity index (χ3n) is 3.60. The third kappa shape index (κ3) is 4.42. The van der Waals surface area contributed by atoms with Crippen LogP contribution in [0, 0.1) is 12.8 Å². The monoisotopic (exact) mass is 315 g/mol. The number of hydrogen-bond donors (Lipinski definition) is 2. The van der Waals surface area contributed by atoms with Gasteiger partial charge in [-0.3, -0.25) is 9.59 Å². The molecular formula is C17H21N3O3.